The van der Waals surface area contributed by atoms with Gasteiger partial charge < -0.3 is 14.9 Å². The van der Waals surface area contributed by atoms with Crippen LogP contribution < -0.4 is 5.73 Å². The highest BCUT2D eigenvalue weighted by Crippen LogP contribution is 2.38. The average Bonchev–Trinajstić information content (AvgIpc) is 3.20. The Labute approximate surface area is 192 Å². The van der Waals surface area contributed by atoms with Gasteiger partial charge in [0.1, 0.15) is 0 Å². The molecular formula is C24H26Cl2N2O3. The molecule has 0 spiro atoms. The van der Waals surface area contributed by atoms with Gasteiger partial charge in [-0.15, -0.1) is 0 Å². The third-order valence-corrected chi connectivity index (χ3v) is 6.61. The second-order valence-electron chi connectivity index (χ2n) is 8.12. The van der Waals surface area contributed by atoms with Crippen molar-refractivity contribution >= 4 is 34.7 Å². The first-order valence-corrected chi connectivity index (χ1v) is 11.6. The van der Waals surface area contributed by atoms with E-state index in [2.05, 4.69) is 4.98 Å². The molecule has 0 atom stereocenters. The topological polar surface area (TPSA) is 78.4 Å². The Kier molecular flexibility index (Phi) is 7.03. The van der Waals surface area contributed by atoms with Gasteiger partial charge in [-0.3, -0.25) is 4.79 Å². The molecule has 7 heteroatoms. The quantitative estimate of drug-likeness (QED) is 0.492. The Morgan fingerprint density at radius 1 is 1.13 bits per heavy atom. The van der Waals surface area contributed by atoms with Crippen molar-refractivity contribution in [3.8, 4) is 11.5 Å². The lowest BCUT2D eigenvalue weighted by molar-refractivity contribution is 0.0995. The zero-order valence-corrected chi connectivity index (χ0v) is 18.8. The SMILES string of the molecule is NC(=O)c1nc(-c2c(Cl)cccc2Cl)oc1C1=CC=C(OCCC2CCCCC2)CC1. The minimum atomic E-state index is -0.660. The van der Waals surface area contributed by atoms with E-state index in [0.29, 0.717) is 27.8 Å². The number of rotatable bonds is 7. The molecule has 4 rings (SSSR count). The number of carbonyl (C=O) groups is 1. The number of ether oxygens (including phenoxy) is 1. The number of carbonyl (C=O) groups excluding carboxylic acids is 1. The van der Waals surface area contributed by atoms with Gasteiger partial charge in [0.25, 0.3) is 5.91 Å². The number of aromatic nitrogens is 1. The maximum atomic E-state index is 12.0. The van der Waals surface area contributed by atoms with Crippen LogP contribution in [0.15, 0.2) is 40.5 Å². The van der Waals surface area contributed by atoms with Gasteiger partial charge in [-0.1, -0.05) is 67.4 Å². The fourth-order valence-corrected chi connectivity index (χ4v) is 4.83. The van der Waals surface area contributed by atoms with Crippen molar-refractivity contribution in [1.82, 2.24) is 4.98 Å². The summed E-state index contributed by atoms with van der Waals surface area (Å²) in [5, 5.41) is 0.782. The summed E-state index contributed by atoms with van der Waals surface area (Å²) < 4.78 is 11.9. The minimum absolute atomic E-state index is 0.0762. The van der Waals surface area contributed by atoms with E-state index in [1.807, 2.05) is 12.2 Å². The summed E-state index contributed by atoms with van der Waals surface area (Å²) >= 11 is 12.5. The predicted octanol–water partition coefficient (Wildman–Crippen LogP) is 6.80. The van der Waals surface area contributed by atoms with Crippen molar-refractivity contribution in [2.75, 3.05) is 6.61 Å². The number of oxazole rings is 1. The van der Waals surface area contributed by atoms with E-state index >= 15 is 0 Å². The molecule has 0 radical (unpaired) electrons. The van der Waals surface area contributed by atoms with Gasteiger partial charge in [0.15, 0.2) is 11.5 Å². The number of nitrogens with zero attached hydrogens (tertiary/aromatic N) is 1. The fourth-order valence-electron chi connectivity index (χ4n) is 4.27. The van der Waals surface area contributed by atoms with Gasteiger partial charge >= 0.3 is 0 Å². The summed E-state index contributed by atoms with van der Waals surface area (Å²) in [5.74, 6) is 1.63. The van der Waals surface area contributed by atoms with Gasteiger partial charge in [-0.25, -0.2) is 4.98 Å². The number of nitrogens with two attached hydrogens (primary N) is 1. The molecule has 1 fully saturated rings. The molecule has 0 saturated heterocycles. The second-order valence-corrected chi connectivity index (χ2v) is 8.94. The highest BCUT2D eigenvalue weighted by molar-refractivity contribution is 6.38. The number of hydrogen-bond acceptors (Lipinski definition) is 4. The third-order valence-electron chi connectivity index (χ3n) is 5.98. The van der Waals surface area contributed by atoms with Crippen molar-refractivity contribution in [3.05, 3.63) is 57.6 Å². The molecule has 2 aromatic rings. The van der Waals surface area contributed by atoms with Gasteiger partial charge in [0.05, 0.1) is 28.0 Å². The number of allylic oxidation sites excluding steroid dienone is 4. The first kappa shape index (κ1) is 22.0. The first-order valence-electron chi connectivity index (χ1n) is 10.8. The van der Waals surface area contributed by atoms with Crippen LogP contribution in [0.2, 0.25) is 10.0 Å². The molecule has 0 bridgehead atoms. The summed E-state index contributed by atoms with van der Waals surface area (Å²) in [4.78, 5) is 16.3. The van der Waals surface area contributed by atoms with Crippen molar-refractivity contribution < 1.29 is 13.9 Å². The van der Waals surface area contributed by atoms with E-state index in [1.165, 1.54) is 32.1 Å². The van der Waals surface area contributed by atoms with E-state index < -0.39 is 5.91 Å². The second kappa shape index (κ2) is 9.92. The van der Waals surface area contributed by atoms with Crippen LogP contribution in [0.1, 0.15) is 67.6 Å². The summed E-state index contributed by atoms with van der Waals surface area (Å²) in [6, 6.07) is 5.11. The Morgan fingerprint density at radius 2 is 1.87 bits per heavy atom. The highest BCUT2D eigenvalue weighted by atomic mass is 35.5. The molecule has 0 unspecified atom stereocenters. The van der Waals surface area contributed by atoms with Crippen LogP contribution >= 0.6 is 23.2 Å². The molecule has 1 aromatic carbocycles. The molecule has 31 heavy (non-hydrogen) atoms. The lowest BCUT2D eigenvalue weighted by Gasteiger charge is -2.22. The van der Waals surface area contributed by atoms with Gasteiger partial charge in [0.2, 0.25) is 5.89 Å². The molecule has 5 nitrogen and oxygen atoms in total. The molecule has 1 heterocycles. The molecular weight excluding hydrogens is 435 g/mol. The molecule has 2 aliphatic carbocycles. The molecule has 1 saturated carbocycles. The molecule has 1 aromatic heterocycles. The normalized spacial score (nSPS) is 17.2. The summed E-state index contributed by atoms with van der Waals surface area (Å²) in [7, 11) is 0. The van der Waals surface area contributed by atoms with Crippen molar-refractivity contribution in [3.63, 3.8) is 0 Å². The Bertz CT molecular complexity index is 1000. The van der Waals surface area contributed by atoms with Crippen molar-refractivity contribution in [1.29, 1.82) is 0 Å². The van der Waals surface area contributed by atoms with Gasteiger partial charge in [-0.2, -0.15) is 0 Å². The van der Waals surface area contributed by atoms with Crippen LogP contribution in [0.4, 0.5) is 0 Å². The number of halogens is 2. The fraction of sp³-hybridized carbons (Fsp3) is 0.417. The zero-order valence-electron chi connectivity index (χ0n) is 17.3. The lowest BCUT2D eigenvalue weighted by Crippen LogP contribution is -2.14. The summed E-state index contributed by atoms with van der Waals surface area (Å²) in [6.07, 6.45) is 13.1. The van der Waals surface area contributed by atoms with Crippen LogP contribution in [0.3, 0.4) is 0 Å². The number of amides is 1. The Morgan fingerprint density at radius 3 is 2.52 bits per heavy atom. The Hall–Kier alpha value is -2.24. The third kappa shape index (κ3) is 5.16. The van der Waals surface area contributed by atoms with Crippen LogP contribution in [-0.2, 0) is 4.74 Å². The molecule has 2 N–H and O–H groups in total. The van der Waals surface area contributed by atoms with E-state index in [-0.39, 0.29) is 11.6 Å². The number of hydrogen-bond donors (Lipinski definition) is 1. The average molecular weight is 461 g/mol. The summed E-state index contributed by atoms with van der Waals surface area (Å²) in [5.41, 5.74) is 6.92. The van der Waals surface area contributed by atoms with Crippen LogP contribution in [-0.4, -0.2) is 17.5 Å². The molecule has 0 aliphatic heterocycles. The molecule has 2 aliphatic rings. The standard InChI is InChI=1S/C24H26Cl2N2O3/c25-18-7-4-8-19(26)20(18)24-28-21(23(27)29)22(31-24)16-9-11-17(12-10-16)30-14-13-15-5-2-1-3-6-15/h4,7-9,11,15H,1-3,5-6,10,12-14H2,(H2,27,29). The van der Waals surface area contributed by atoms with E-state index in [4.69, 9.17) is 38.1 Å². The van der Waals surface area contributed by atoms with Gasteiger partial charge in [0, 0.05) is 6.42 Å². The Balaban J connectivity index is 1.50. The van der Waals surface area contributed by atoms with Crippen molar-refractivity contribution in [2.24, 2.45) is 11.7 Å². The zero-order chi connectivity index (χ0) is 21.8. The summed E-state index contributed by atoms with van der Waals surface area (Å²) in [6.45, 7) is 0.754. The smallest absolute Gasteiger partial charge is 0.271 e. The van der Waals surface area contributed by atoms with E-state index in [9.17, 15) is 4.79 Å². The van der Waals surface area contributed by atoms with Crippen LogP contribution in [0, 0.1) is 5.92 Å². The van der Waals surface area contributed by atoms with E-state index in [0.717, 1.165) is 36.7 Å². The first-order chi connectivity index (χ1) is 15.0. The largest absolute Gasteiger partial charge is 0.498 e. The monoisotopic (exact) mass is 460 g/mol. The van der Waals surface area contributed by atoms with E-state index in [1.54, 1.807) is 18.2 Å². The predicted molar refractivity (Wildman–Crippen MR) is 123 cm³/mol. The maximum Gasteiger partial charge on any atom is 0.271 e. The molecule has 164 valence electrons. The van der Waals surface area contributed by atoms with Gasteiger partial charge in [-0.05, 0) is 42.5 Å². The number of benzene rings is 1. The van der Waals surface area contributed by atoms with Crippen molar-refractivity contribution in [2.45, 2.75) is 51.4 Å². The van der Waals surface area contributed by atoms with Crippen LogP contribution in [0.5, 0.6) is 0 Å². The molecule has 1 amide bonds. The highest BCUT2D eigenvalue weighted by Gasteiger charge is 2.25. The van der Waals surface area contributed by atoms with Crippen LogP contribution in [0.25, 0.3) is 17.0 Å². The lowest BCUT2D eigenvalue weighted by atomic mass is 9.87. The number of primary amides is 1. The maximum absolute atomic E-state index is 12.0. The minimum Gasteiger partial charge on any atom is -0.498 e.